The third kappa shape index (κ3) is 5.42. The molecular weight excluding hydrogens is 403 g/mol. The number of alkyl halides is 3. The van der Waals surface area contributed by atoms with E-state index in [1.54, 1.807) is 19.4 Å². The highest BCUT2D eigenvalue weighted by atomic mass is 19.4. The second kappa shape index (κ2) is 9.67. The molecule has 0 saturated carbocycles. The van der Waals surface area contributed by atoms with Gasteiger partial charge in [-0.05, 0) is 31.3 Å². The van der Waals surface area contributed by atoms with E-state index in [2.05, 4.69) is 27.5 Å². The Kier molecular flexibility index (Phi) is 7.27. The van der Waals surface area contributed by atoms with Gasteiger partial charge in [-0.25, -0.2) is 4.79 Å². The molecule has 0 atom stereocenters. The summed E-state index contributed by atoms with van der Waals surface area (Å²) in [7, 11) is 3.44. The minimum atomic E-state index is -5.08. The topological polar surface area (TPSA) is 103 Å². The van der Waals surface area contributed by atoms with Crippen LogP contribution in [0.25, 0.3) is 11.6 Å². The van der Waals surface area contributed by atoms with Gasteiger partial charge in [0.2, 0.25) is 0 Å². The fourth-order valence-corrected chi connectivity index (χ4v) is 2.52. The first-order valence-corrected chi connectivity index (χ1v) is 8.50. The molecule has 0 spiro atoms. The Hall–Kier alpha value is -3.71. The summed E-state index contributed by atoms with van der Waals surface area (Å²) >= 11 is 0. The second-order valence-corrected chi connectivity index (χ2v) is 5.84. The van der Waals surface area contributed by atoms with Crippen molar-refractivity contribution in [2.75, 3.05) is 26.0 Å². The Morgan fingerprint density at radius 1 is 1.33 bits per heavy atom. The maximum atomic E-state index is 12.3. The lowest BCUT2D eigenvalue weighted by Gasteiger charge is -2.03. The van der Waals surface area contributed by atoms with Crippen LogP contribution in [0.3, 0.4) is 0 Å². The Balaban J connectivity index is 0.000000396. The molecule has 30 heavy (non-hydrogen) atoms. The number of anilines is 1. The lowest BCUT2D eigenvalue weighted by molar-refractivity contribution is -0.192. The standard InChI is InChI=1S/C18H17N3O2.C2HF3O2/c1-19-9-4-6-12-5-3-7-14-17(12)13(18(22)21-14)11-15-16(23-2)8-10-20-15;3-2(4,5)1(6)7/h3,5,7-8,10-11,19-20H,9H2,1-2H3,(H,21,22);(H,6,7). The molecule has 0 fully saturated rings. The van der Waals surface area contributed by atoms with Crippen LogP contribution >= 0.6 is 0 Å². The van der Waals surface area contributed by atoms with Crippen molar-refractivity contribution in [3.63, 3.8) is 0 Å². The highest BCUT2D eigenvalue weighted by Gasteiger charge is 2.38. The van der Waals surface area contributed by atoms with Gasteiger partial charge in [0.1, 0.15) is 5.75 Å². The number of benzene rings is 1. The number of hydrogen-bond donors (Lipinski definition) is 4. The monoisotopic (exact) mass is 421 g/mol. The fraction of sp³-hybridized carbons (Fsp3) is 0.200. The molecule has 0 saturated heterocycles. The predicted molar refractivity (Wildman–Crippen MR) is 105 cm³/mol. The lowest BCUT2D eigenvalue weighted by Crippen LogP contribution is -2.21. The number of ether oxygens (including phenoxy) is 1. The van der Waals surface area contributed by atoms with E-state index in [4.69, 9.17) is 14.6 Å². The van der Waals surface area contributed by atoms with Crippen molar-refractivity contribution in [1.29, 1.82) is 0 Å². The maximum Gasteiger partial charge on any atom is 0.490 e. The molecule has 10 heteroatoms. The van der Waals surface area contributed by atoms with Crippen LogP contribution in [0.15, 0.2) is 30.5 Å². The number of aromatic amines is 1. The lowest BCUT2D eigenvalue weighted by atomic mass is 9.99. The molecule has 1 aromatic carbocycles. The molecule has 1 aromatic heterocycles. The molecule has 3 rings (SSSR count). The van der Waals surface area contributed by atoms with E-state index in [0.29, 0.717) is 17.9 Å². The Bertz CT molecular complexity index is 1030. The third-order valence-corrected chi connectivity index (χ3v) is 3.80. The van der Waals surface area contributed by atoms with Crippen LogP contribution < -0.4 is 15.4 Å². The number of H-pyrrole nitrogens is 1. The average molecular weight is 421 g/mol. The summed E-state index contributed by atoms with van der Waals surface area (Å²) in [5.74, 6) is 3.95. The molecule has 0 radical (unpaired) electrons. The van der Waals surface area contributed by atoms with Gasteiger partial charge in [-0.3, -0.25) is 4.79 Å². The summed E-state index contributed by atoms with van der Waals surface area (Å²) in [5.41, 5.74) is 3.77. The van der Waals surface area contributed by atoms with Gasteiger partial charge in [-0.1, -0.05) is 17.9 Å². The summed E-state index contributed by atoms with van der Waals surface area (Å²) in [5, 5.41) is 13.0. The summed E-state index contributed by atoms with van der Waals surface area (Å²) in [4.78, 5) is 24.3. The smallest absolute Gasteiger partial charge is 0.490 e. The van der Waals surface area contributed by atoms with Gasteiger partial charge in [-0.2, -0.15) is 13.2 Å². The van der Waals surface area contributed by atoms with Crippen molar-refractivity contribution in [3.05, 3.63) is 47.3 Å². The SMILES string of the molecule is CNCC#Cc1cccc2c1C(=Cc1[nH]ccc1OC)C(=O)N2.O=C(O)C(F)(F)F. The number of aliphatic carboxylic acids is 1. The van der Waals surface area contributed by atoms with Crippen LogP contribution in [-0.4, -0.2) is 48.8 Å². The largest absolute Gasteiger partial charge is 0.495 e. The number of fused-ring (bicyclic) bond motifs is 1. The molecule has 0 unspecified atom stereocenters. The number of methoxy groups -OCH3 is 1. The van der Waals surface area contributed by atoms with E-state index in [0.717, 1.165) is 22.5 Å². The molecule has 0 aliphatic carbocycles. The van der Waals surface area contributed by atoms with Crippen molar-refractivity contribution >= 4 is 29.2 Å². The van der Waals surface area contributed by atoms with Gasteiger partial charge < -0.3 is 25.5 Å². The van der Waals surface area contributed by atoms with Gasteiger partial charge in [0, 0.05) is 17.3 Å². The van der Waals surface area contributed by atoms with Gasteiger partial charge >= 0.3 is 12.1 Å². The Morgan fingerprint density at radius 2 is 2.03 bits per heavy atom. The maximum absolute atomic E-state index is 12.3. The number of amides is 1. The zero-order valence-corrected chi connectivity index (χ0v) is 16.0. The van der Waals surface area contributed by atoms with Gasteiger partial charge in [0.05, 0.1) is 30.6 Å². The fourth-order valence-electron chi connectivity index (χ4n) is 2.52. The molecule has 2 heterocycles. The Labute approximate surface area is 169 Å². The molecule has 1 amide bonds. The Morgan fingerprint density at radius 3 is 2.63 bits per heavy atom. The van der Waals surface area contributed by atoms with E-state index in [1.807, 2.05) is 31.3 Å². The first-order valence-electron chi connectivity index (χ1n) is 8.50. The van der Waals surface area contributed by atoms with Crippen molar-refractivity contribution in [1.82, 2.24) is 10.3 Å². The zero-order valence-electron chi connectivity index (χ0n) is 16.0. The van der Waals surface area contributed by atoms with Gasteiger partial charge in [-0.15, -0.1) is 0 Å². The normalized spacial score (nSPS) is 13.5. The third-order valence-electron chi connectivity index (χ3n) is 3.80. The highest BCUT2D eigenvalue weighted by Crippen LogP contribution is 2.36. The molecule has 2 aromatic rings. The van der Waals surface area contributed by atoms with Crippen LogP contribution in [0.1, 0.15) is 16.8 Å². The predicted octanol–water partition coefficient (Wildman–Crippen LogP) is 2.72. The molecule has 7 nitrogen and oxygen atoms in total. The number of carboxylic acid groups (broad SMARTS) is 1. The zero-order chi connectivity index (χ0) is 22.3. The highest BCUT2D eigenvalue weighted by molar-refractivity contribution is 6.35. The van der Waals surface area contributed by atoms with Crippen molar-refractivity contribution < 1.29 is 32.6 Å². The van der Waals surface area contributed by atoms with Crippen LogP contribution in [0.2, 0.25) is 0 Å². The van der Waals surface area contributed by atoms with Crippen molar-refractivity contribution in [2.24, 2.45) is 0 Å². The van der Waals surface area contributed by atoms with E-state index < -0.39 is 12.1 Å². The molecular formula is C20H18F3N3O4. The van der Waals surface area contributed by atoms with E-state index >= 15 is 0 Å². The molecule has 158 valence electrons. The number of halogens is 3. The number of nitrogens with one attached hydrogen (secondary N) is 3. The second-order valence-electron chi connectivity index (χ2n) is 5.84. The molecule has 1 aliphatic rings. The quantitative estimate of drug-likeness (QED) is 0.451. The van der Waals surface area contributed by atoms with Gasteiger partial charge in [0.25, 0.3) is 5.91 Å². The van der Waals surface area contributed by atoms with Crippen LogP contribution in [-0.2, 0) is 9.59 Å². The number of carboxylic acids is 1. The van der Waals surface area contributed by atoms with Crippen molar-refractivity contribution in [3.8, 4) is 17.6 Å². The summed E-state index contributed by atoms with van der Waals surface area (Å²) in [6, 6.07) is 7.50. The number of aromatic nitrogens is 1. The minimum absolute atomic E-state index is 0.139. The minimum Gasteiger partial charge on any atom is -0.495 e. The van der Waals surface area contributed by atoms with Gasteiger partial charge in [0.15, 0.2) is 0 Å². The number of carbonyl (C=O) groups is 2. The molecule has 4 N–H and O–H groups in total. The average Bonchev–Trinajstić information content (AvgIpc) is 3.26. The van der Waals surface area contributed by atoms with Crippen LogP contribution in [0, 0.1) is 11.8 Å². The molecule has 0 bridgehead atoms. The first kappa shape index (κ1) is 22.6. The first-order chi connectivity index (χ1) is 14.2. The summed E-state index contributed by atoms with van der Waals surface area (Å²) in [6.45, 7) is 0.592. The van der Waals surface area contributed by atoms with Crippen LogP contribution in [0.4, 0.5) is 18.9 Å². The van der Waals surface area contributed by atoms with E-state index in [-0.39, 0.29) is 5.91 Å². The number of hydrogen-bond acceptors (Lipinski definition) is 4. The van der Waals surface area contributed by atoms with Crippen LogP contribution in [0.5, 0.6) is 5.75 Å². The molecule has 1 aliphatic heterocycles. The van der Waals surface area contributed by atoms with E-state index in [9.17, 15) is 18.0 Å². The number of carbonyl (C=O) groups excluding carboxylic acids is 1. The number of rotatable bonds is 3. The summed E-state index contributed by atoms with van der Waals surface area (Å²) in [6.07, 6.45) is -1.51. The summed E-state index contributed by atoms with van der Waals surface area (Å²) < 4.78 is 37.0. The van der Waals surface area contributed by atoms with Crippen molar-refractivity contribution in [2.45, 2.75) is 6.18 Å². The van der Waals surface area contributed by atoms with E-state index in [1.165, 1.54) is 0 Å².